The van der Waals surface area contributed by atoms with Gasteiger partial charge in [0, 0.05) is 42.9 Å². The number of piperazine rings is 1. The summed E-state index contributed by atoms with van der Waals surface area (Å²) >= 11 is 3.44. The predicted octanol–water partition coefficient (Wildman–Crippen LogP) is 1.88. The lowest BCUT2D eigenvalue weighted by Crippen LogP contribution is -2.46. The molecule has 1 aliphatic rings. The number of carbonyl (C=O) groups is 1. The van der Waals surface area contributed by atoms with Crippen LogP contribution in [0, 0.1) is 0 Å². The molecule has 0 spiro atoms. The van der Waals surface area contributed by atoms with E-state index in [1.54, 1.807) is 0 Å². The molecule has 94 valence electrons. The number of halogens is 1. The summed E-state index contributed by atoms with van der Waals surface area (Å²) in [6, 6.07) is 2.20. The monoisotopic (exact) mass is 299 g/mol. The fourth-order valence-corrected chi connectivity index (χ4v) is 2.51. The zero-order valence-electron chi connectivity index (χ0n) is 10.2. The van der Waals surface area contributed by atoms with Crippen LogP contribution in [0.2, 0.25) is 0 Å². The molecule has 0 radical (unpaired) electrons. The first-order chi connectivity index (χ1) is 8.09. The zero-order chi connectivity index (χ0) is 12.4. The minimum absolute atomic E-state index is 0.130. The van der Waals surface area contributed by atoms with Gasteiger partial charge in [0.25, 0.3) is 5.91 Å². The Bertz CT molecular complexity index is 408. The van der Waals surface area contributed by atoms with Gasteiger partial charge in [0.15, 0.2) is 0 Å². The quantitative estimate of drug-likeness (QED) is 0.905. The summed E-state index contributed by atoms with van der Waals surface area (Å²) in [6.45, 7) is 7.52. The van der Waals surface area contributed by atoms with E-state index in [1.807, 2.05) is 21.7 Å². The average Bonchev–Trinajstić information content (AvgIpc) is 2.72. The van der Waals surface area contributed by atoms with E-state index < -0.39 is 0 Å². The van der Waals surface area contributed by atoms with Crippen LogP contribution in [0.25, 0.3) is 0 Å². The van der Waals surface area contributed by atoms with Crippen molar-refractivity contribution in [3.63, 3.8) is 0 Å². The van der Waals surface area contributed by atoms with E-state index in [0.29, 0.717) is 6.04 Å². The Balaban J connectivity index is 2.23. The maximum atomic E-state index is 12.4. The molecule has 0 saturated carbocycles. The maximum Gasteiger partial charge on any atom is 0.270 e. The average molecular weight is 300 g/mol. The summed E-state index contributed by atoms with van der Waals surface area (Å²) < 4.78 is 2.98. The maximum absolute atomic E-state index is 12.4. The number of carbonyl (C=O) groups excluding carboxylic acids is 1. The first-order valence-electron chi connectivity index (χ1n) is 5.97. The number of amides is 1. The molecule has 0 bridgehead atoms. The third-order valence-electron chi connectivity index (χ3n) is 2.99. The lowest BCUT2D eigenvalue weighted by Gasteiger charge is -2.28. The molecular weight excluding hydrogens is 282 g/mol. The van der Waals surface area contributed by atoms with E-state index in [1.165, 1.54) is 0 Å². The van der Waals surface area contributed by atoms with Gasteiger partial charge in [-0.2, -0.15) is 0 Å². The van der Waals surface area contributed by atoms with Gasteiger partial charge in [0.05, 0.1) is 0 Å². The molecule has 0 aliphatic carbocycles. The summed E-state index contributed by atoms with van der Waals surface area (Å²) in [4.78, 5) is 14.3. The van der Waals surface area contributed by atoms with Crippen molar-refractivity contribution in [2.24, 2.45) is 0 Å². The molecule has 1 fully saturated rings. The lowest BCUT2D eigenvalue weighted by molar-refractivity contribution is 0.0723. The second-order valence-electron chi connectivity index (χ2n) is 4.59. The highest BCUT2D eigenvalue weighted by Crippen LogP contribution is 2.20. The largest absolute Gasteiger partial charge is 0.340 e. The molecular formula is C12H18BrN3O. The van der Waals surface area contributed by atoms with Gasteiger partial charge in [-0.05, 0) is 35.8 Å². The molecule has 1 aliphatic heterocycles. The van der Waals surface area contributed by atoms with Gasteiger partial charge >= 0.3 is 0 Å². The van der Waals surface area contributed by atoms with E-state index in [-0.39, 0.29) is 5.91 Å². The van der Waals surface area contributed by atoms with Gasteiger partial charge in [-0.15, -0.1) is 0 Å². The number of nitrogens with zero attached hydrogens (tertiary/aromatic N) is 2. The van der Waals surface area contributed by atoms with Crippen LogP contribution in [0.4, 0.5) is 0 Å². The number of rotatable bonds is 2. The molecule has 1 aromatic heterocycles. The molecule has 1 saturated heterocycles. The van der Waals surface area contributed by atoms with E-state index in [4.69, 9.17) is 0 Å². The zero-order valence-corrected chi connectivity index (χ0v) is 11.8. The highest BCUT2D eigenvalue weighted by Gasteiger charge is 2.22. The van der Waals surface area contributed by atoms with Gasteiger partial charge in [0.2, 0.25) is 0 Å². The number of hydrogen-bond donors (Lipinski definition) is 1. The summed E-state index contributed by atoms with van der Waals surface area (Å²) in [5, 5.41) is 3.25. The summed E-state index contributed by atoms with van der Waals surface area (Å²) in [7, 11) is 0. The molecule has 17 heavy (non-hydrogen) atoms. The van der Waals surface area contributed by atoms with Crippen LogP contribution in [-0.4, -0.2) is 41.6 Å². The van der Waals surface area contributed by atoms with Crippen LogP contribution in [0.5, 0.6) is 0 Å². The minimum atomic E-state index is 0.130. The molecule has 1 amide bonds. The molecule has 0 unspecified atom stereocenters. The minimum Gasteiger partial charge on any atom is -0.340 e. The Labute approximate surface area is 110 Å². The van der Waals surface area contributed by atoms with Crippen LogP contribution in [0.3, 0.4) is 0 Å². The smallest absolute Gasteiger partial charge is 0.270 e. The van der Waals surface area contributed by atoms with E-state index >= 15 is 0 Å². The fraction of sp³-hybridized carbons (Fsp3) is 0.583. The van der Waals surface area contributed by atoms with Crippen molar-refractivity contribution in [3.05, 3.63) is 22.4 Å². The standard InChI is InChI=1S/C12H18BrN3O/c1-9(2)16-8-10(13)7-11(16)12(17)15-5-3-14-4-6-15/h7-9,14H,3-6H2,1-2H3. The molecule has 0 atom stereocenters. The Morgan fingerprint density at radius 1 is 1.41 bits per heavy atom. The van der Waals surface area contributed by atoms with Crippen molar-refractivity contribution in [1.82, 2.24) is 14.8 Å². The van der Waals surface area contributed by atoms with Crippen molar-refractivity contribution in [2.45, 2.75) is 19.9 Å². The van der Waals surface area contributed by atoms with Gasteiger partial charge < -0.3 is 14.8 Å². The van der Waals surface area contributed by atoms with Crippen LogP contribution < -0.4 is 5.32 Å². The predicted molar refractivity (Wildman–Crippen MR) is 71.3 cm³/mol. The number of nitrogens with one attached hydrogen (secondary N) is 1. The molecule has 5 heteroatoms. The summed E-state index contributed by atoms with van der Waals surface area (Å²) in [5.74, 6) is 0.130. The number of aromatic nitrogens is 1. The third-order valence-corrected chi connectivity index (χ3v) is 3.43. The van der Waals surface area contributed by atoms with Crippen LogP contribution in [0.15, 0.2) is 16.7 Å². The molecule has 1 N–H and O–H groups in total. The highest BCUT2D eigenvalue weighted by atomic mass is 79.9. The summed E-state index contributed by atoms with van der Waals surface area (Å²) in [5.41, 5.74) is 0.772. The molecule has 2 heterocycles. The molecule has 1 aromatic rings. The molecule has 4 nitrogen and oxygen atoms in total. The van der Waals surface area contributed by atoms with Gasteiger partial charge in [-0.3, -0.25) is 4.79 Å². The van der Waals surface area contributed by atoms with Crippen LogP contribution in [-0.2, 0) is 0 Å². The second-order valence-corrected chi connectivity index (χ2v) is 5.50. The lowest BCUT2D eigenvalue weighted by atomic mass is 10.3. The Hall–Kier alpha value is -0.810. The van der Waals surface area contributed by atoms with Crippen molar-refractivity contribution in [3.8, 4) is 0 Å². The summed E-state index contributed by atoms with van der Waals surface area (Å²) in [6.07, 6.45) is 1.97. The van der Waals surface area contributed by atoms with Crippen molar-refractivity contribution < 1.29 is 4.79 Å². The van der Waals surface area contributed by atoms with E-state index in [9.17, 15) is 4.79 Å². The first kappa shape index (κ1) is 12.6. The SMILES string of the molecule is CC(C)n1cc(Br)cc1C(=O)N1CCNCC1. The van der Waals surface area contributed by atoms with Crippen molar-refractivity contribution in [1.29, 1.82) is 0 Å². The van der Waals surface area contributed by atoms with E-state index in [2.05, 4.69) is 35.1 Å². The van der Waals surface area contributed by atoms with Crippen molar-refractivity contribution in [2.75, 3.05) is 26.2 Å². The van der Waals surface area contributed by atoms with Gasteiger partial charge in [-0.25, -0.2) is 0 Å². The van der Waals surface area contributed by atoms with Gasteiger partial charge in [-0.1, -0.05) is 0 Å². The highest BCUT2D eigenvalue weighted by molar-refractivity contribution is 9.10. The second kappa shape index (κ2) is 5.23. The normalized spacial score (nSPS) is 16.6. The Morgan fingerprint density at radius 3 is 2.65 bits per heavy atom. The molecule has 0 aromatic carbocycles. The number of hydrogen-bond acceptors (Lipinski definition) is 2. The molecule has 2 rings (SSSR count). The fourth-order valence-electron chi connectivity index (χ4n) is 2.07. The van der Waals surface area contributed by atoms with Crippen molar-refractivity contribution >= 4 is 21.8 Å². The first-order valence-corrected chi connectivity index (χ1v) is 6.76. The Kier molecular flexibility index (Phi) is 3.89. The third kappa shape index (κ3) is 2.72. The van der Waals surface area contributed by atoms with Crippen LogP contribution in [0.1, 0.15) is 30.4 Å². The topological polar surface area (TPSA) is 37.3 Å². The van der Waals surface area contributed by atoms with Gasteiger partial charge in [0.1, 0.15) is 5.69 Å². The Morgan fingerprint density at radius 2 is 2.06 bits per heavy atom. The van der Waals surface area contributed by atoms with Crippen LogP contribution >= 0.6 is 15.9 Å². The van der Waals surface area contributed by atoms with E-state index in [0.717, 1.165) is 36.3 Å².